The third-order valence-corrected chi connectivity index (χ3v) is 13.5. The number of hydrogen-bond acceptors (Lipinski definition) is 12. The van der Waals surface area contributed by atoms with Crippen LogP contribution in [-0.2, 0) is 33.2 Å². The molecule has 1 unspecified atom stereocenters. The lowest BCUT2D eigenvalue weighted by atomic mass is 9.90. The summed E-state index contributed by atoms with van der Waals surface area (Å²) in [7, 11) is -9.23. The van der Waals surface area contributed by atoms with Gasteiger partial charge in [-0.3, -0.25) is 13.9 Å². The van der Waals surface area contributed by atoms with E-state index in [4.69, 9.17) is 25.6 Å². The van der Waals surface area contributed by atoms with Crippen molar-refractivity contribution in [2.75, 3.05) is 23.4 Å². The predicted octanol–water partition coefficient (Wildman–Crippen LogP) is 5.48. The van der Waals surface area contributed by atoms with E-state index in [2.05, 4.69) is 17.2 Å². The van der Waals surface area contributed by atoms with Crippen LogP contribution < -0.4 is 5.32 Å². The number of fused-ring (bicyclic) bond motifs is 1. The third kappa shape index (κ3) is 11.1. The number of pyridine rings is 1. The number of alkyl halides is 1. The molecule has 50 heavy (non-hydrogen) atoms. The molecule has 0 amide bonds. The smallest absolute Gasteiger partial charge is 0.346 e. The molecule has 4 N–H and O–H groups in total. The molecule has 18 heteroatoms. The normalized spacial score (nSPS) is 24.8. The van der Waals surface area contributed by atoms with Gasteiger partial charge in [-0.05, 0) is 25.3 Å². The Morgan fingerprint density at radius 3 is 2.42 bits per heavy atom. The molecular formula is C32H47ClFN4O10PS. The first-order valence-electron chi connectivity index (χ1n) is 17.1. The van der Waals surface area contributed by atoms with Gasteiger partial charge in [0, 0.05) is 24.0 Å². The molecule has 1 aliphatic heterocycles. The minimum Gasteiger partial charge on any atom is -0.438 e. The maximum atomic E-state index is 13.5. The van der Waals surface area contributed by atoms with Crippen molar-refractivity contribution < 1.29 is 51.3 Å². The summed E-state index contributed by atoms with van der Waals surface area (Å²) in [6.45, 7) is 1.28. The van der Waals surface area contributed by atoms with E-state index in [0.717, 1.165) is 25.7 Å². The van der Waals surface area contributed by atoms with Crippen LogP contribution in [0.15, 0.2) is 12.3 Å². The van der Waals surface area contributed by atoms with Gasteiger partial charge in [-0.25, -0.2) is 17.8 Å². The maximum Gasteiger partial charge on any atom is 0.346 e. The van der Waals surface area contributed by atoms with Crippen molar-refractivity contribution in [3.63, 3.8) is 0 Å². The van der Waals surface area contributed by atoms with E-state index in [-0.39, 0.29) is 41.7 Å². The number of ether oxygens (including phenoxy) is 2. The molecule has 2 fully saturated rings. The second kappa shape index (κ2) is 18.4. The van der Waals surface area contributed by atoms with Gasteiger partial charge in [0.2, 0.25) is 6.79 Å². The third-order valence-electron chi connectivity index (χ3n) is 8.96. The zero-order valence-electron chi connectivity index (χ0n) is 28.1. The van der Waals surface area contributed by atoms with Crippen molar-refractivity contribution in [3.05, 3.63) is 23.0 Å². The van der Waals surface area contributed by atoms with Crippen LogP contribution in [0, 0.1) is 11.3 Å². The molecule has 2 aliphatic rings. The number of unbranched alkanes of at least 4 members (excludes halogenated alkanes) is 9. The topological polar surface area (TPSA) is 210 Å². The number of aliphatic hydroxyl groups is 2. The number of nitriles is 1. The quantitative estimate of drug-likeness (QED) is 0.0409. The summed E-state index contributed by atoms with van der Waals surface area (Å²) in [6, 6.07) is 3.30. The Morgan fingerprint density at radius 1 is 1.16 bits per heavy atom. The van der Waals surface area contributed by atoms with E-state index in [0.29, 0.717) is 17.5 Å². The number of esters is 1. The predicted molar refractivity (Wildman–Crippen MR) is 184 cm³/mol. The fraction of sp³-hybridized carbons (Fsp3) is 0.719. The van der Waals surface area contributed by atoms with Gasteiger partial charge in [0.15, 0.2) is 26.7 Å². The molecule has 1 saturated carbocycles. The van der Waals surface area contributed by atoms with Crippen molar-refractivity contribution in [3.8, 4) is 6.07 Å². The molecule has 1 saturated heterocycles. The van der Waals surface area contributed by atoms with Gasteiger partial charge < -0.3 is 34.5 Å². The Balaban J connectivity index is 1.26. The van der Waals surface area contributed by atoms with Crippen molar-refractivity contribution >= 4 is 51.7 Å². The number of carbonyl (C=O) groups is 1. The highest BCUT2D eigenvalue weighted by atomic mass is 35.5. The number of aliphatic hydroxyl groups excluding tert-OH is 2. The molecule has 0 bridgehead atoms. The highest BCUT2D eigenvalue weighted by Gasteiger charge is 2.47. The number of nitrogens with one attached hydrogen (secondary N) is 1. The number of halogens is 2. The lowest BCUT2D eigenvalue weighted by Gasteiger charge is -2.31. The minimum atomic E-state index is -4.80. The summed E-state index contributed by atoms with van der Waals surface area (Å²) >= 11 is 6.29. The first-order valence-corrected chi connectivity index (χ1v) is 21.1. The van der Waals surface area contributed by atoms with Crippen LogP contribution in [0.2, 0.25) is 5.15 Å². The highest BCUT2D eigenvalue weighted by Crippen LogP contribution is 2.44. The molecule has 5 atom stereocenters. The van der Waals surface area contributed by atoms with Gasteiger partial charge in [-0.2, -0.15) is 5.26 Å². The van der Waals surface area contributed by atoms with E-state index in [1.165, 1.54) is 42.9 Å². The van der Waals surface area contributed by atoms with E-state index >= 15 is 0 Å². The number of rotatable bonds is 21. The van der Waals surface area contributed by atoms with Crippen molar-refractivity contribution in [1.29, 1.82) is 5.26 Å². The second-order valence-electron chi connectivity index (χ2n) is 13.1. The lowest BCUT2D eigenvalue weighted by molar-refractivity contribution is -0.150. The highest BCUT2D eigenvalue weighted by molar-refractivity contribution is 7.97. The number of nitrogens with zero attached hydrogens (tertiary/aromatic N) is 3. The minimum absolute atomic E-state index is 0.0376. The van der Waals surface area contributed by atoms with E-state index in [1.54, 1.807) is 6.07 Å². The van der Waals surface area contributed by atoms with Gasteiger partial charge in [-0.1, -0.05) is 76.3 Å². The average molecular weight is 765 g/mol. The van der Waals surface area contributed by atoms with E-state index in [9.17, 15) is 42.5 Å². The first-order chi connectivity index (χ1) is 23.7. The Bertz CT molecular complexity index is 1650. The number of carbonyl (C=O) groups excluding carboxylic acids is 1. The summed E-state index contributed by atoms with van der Waals surface area (Å²) in [5.41, 5.74) is -0.854. The SMILES string of the molecule is CCCCCCCCCCCCC(=O)OCOP(=O)(O)CS(=O)(=O)C[C@H]1O[C@@H](n2ccc3c(NC4CC(F)C4)c(C#N)c(Cl)nc32)[C@H](O)[C@@H]1O. The standard InChI is InChI=1S/C32H47ClFN4O10PS/c1-2-3-4-5-6-7-8-9-10-11-12-26(39)46-19-47-49(42,43)20-50(44,45)18-25-28(40)29(41)32(48-25)38-14-13-23-27(36-22-15-21(34)16-22)24(17-35)30(33)37-31(23)38/h13-14,21-22,25,28-29,32,40-41H,2-12,15-16,18-20H2,1H3,(H,36,37)(H,42,43)/t21?,22?,25-,28-,29-,32-/m1/s1. The Morgan fingerprint density at radius 2 is 1.80 bits per heavy atom. The fourth-order valence-electron chi connectivity index (χ4n) is 6.16. The zero-order chi connectivity index (χ0) is 36.5. The Kier molecular flexibility index (Phi) is 14.9. The summed E-state index contributed by atoms with van der Waals surface area (Å²) in [5, 5.41) is 34.5. The summed E-state index contributed by atoms with van der Waals surface area (Å²) in [6.07, 6.45) is 5.74. The monoisotopic (exact) mass is 764 g/mol. The lowest BCUT2D eigenvalue weighted by Crippen LogP contribution is -2.36. The van der Waals surface area contributed by atoms with Gasteiger partial charge in [0.05, 0.1) is 11.4 Å². The summed E-state index contributed by atoms with van der Waals surface area (Å²) in [4.78, 5) is 26.4. The van der Waals surface area contributed by atoms with Gasteiger partial charge in [0.1, 0.15) is 41.8 Å². The van der Waals surface area contributed by atoms with Crippen molar-refractivity contribution in [2.45, 2.75) is 127 Å². The maximum absolute atomic E-state index is 13.5. The molecule has 14 nitrogen and oxygen atoms in total. The van der Waals surface area contributed by atoms with Crippen LogP contribution in [0.4, 0.5) is 10.1 Å². The zero-order valence-corrected chi connectivity index (χ0v) is 30.6. The molecule has 0 aromatic carbocycles. The van der Waals surface area contributed by atoms with Crippen LogP contribution in [0.25, 0.3) is 11.0 Å². The molecule has 0 spiro atoms. The van der Waals surface area contributed by atoms with Crippen molar-refractivity contribution in [2.24, 2.45) is 0 Å². The fourth-order valence-corrected chi connectivity index (χ4v) is 10.1. The van der Waals surface area contributed by atoms with Crippen molar-refractivity contribution in [1.82, 2.24) is 9.55 Å². The largest absolute Gasteiger partial charge is 0.438 e. The molecule has 280 valence electrons. The van der Waals surface area contributed by atoms with Gasteiger partial charge in [-0.15, -0.1) is 0 Å². The van der Waals surface area contributed by atoms with E-state index < -0.39 is 72.2 Å². The van der Waals surface area contributed by atoms with Gasteiger partial charge >= 0.3 is 13.6 Å². The van der Waals surface area contributed by atoms with E-state index in [1.807, 2.05) is 6.07 Å². The first kappa shape index (κ1) is 40.4. The number of sulfone groups is 1. The molecule has 0 radical (unpaired) electrons. The van der Waals surface area contributed by atoms with Crippen LogP contribution in [0.5, 0.6) is 0 Å². The van der Waals surface area contributed by atoms with Crippen LogP contribution in [0.3, 0.4) is 0 Å². The molecule has 2 aromatic heterocycles. The average Bonchev–Trinajstić information content (AvgIpc) is 3.56. The molecule has 3 heterocycles. The number of anilines is 1. The number of hydrogen-bond donors (Lipinski definition) is 4. The number of aromatic nitrogens is 2. The van der Waals surface area contributed by atoms with Gasteiger partial charge in [0.25, 0.3) is 0 Å². The summed E-state index contributed by atoms with van der Waals surface area (Å²) < 4.78 is 68.4. The van der Waals surface area contributed by atoms with Crippen LogP contribution >= 0.6 is 19.2 Å². The molecule has 4 rings (SSSR count). The second-order valence-corrected chi connectivity index (χ2v) is 17.8. The Labute approximate surface area is 296 Å². The summed E-state index contributed by atoms with van der Waals surface area (Å²) in [5.74, 6) is -1.58. The molecule has 1 aliphatic carbocycles. The Hall–Kier alpha value is -2.35. The van der Waals surface area contributed by atoms with Crippen LogP contribution in [0.1, 0.15) is 102 Å². The molecule has 2 aromatic rings. The molecular weight excluding hydrogens is 718 g/mol. The van der Waals surface area contributed by atoms with Crippen LogP contribution in [-0.4, -0.2) is 87.6 Å².